The summed E-state index contributed by atoms with van der Waals surface area (Å²) in [7, 11) is 5.41. The third-order valence-electron chi connectivity index (χ3n) is 4.87. The van der Waals surface area contributed by atoms with E-state index in [2.05, 4.69) is 22.0 Å². The Labute approximate surface area is 184 Å². The SMILES string of the molecule is COC(=O)c1ccc2c(C(=Nc3ccc(CN(C)C)cc3)c3cccs3)c(O)[nH]c2c1. The van der Waals surface area contributed by atoms with Crippen LogP contribution in [0.1, 0.15) is 26.4 Å². The lowest BCUT2D eigenvalue weighted by molar-refractivity contribution is 0.0601. The van der Waals surface area contributed by atoms with Crippen LogP contribution in [-0.2, 0) is 11.3 Å². The van der Waals surface area contributed by atoms with Crippen molar-refractivity contribution < 1.29 is 14.6 Å². The molecule has 2 heterocycles. The van der Waals surface area contributed by atoms with E-state index < -0.39 is 5.97 Å². The predicted molar refractivity (Wildman–Crippen MR) is 125 cm³/mol. The van der Waals surface area contributed by atoms with E-state index in [-0.39, 0.29) is 5.88 Å². The van der Waals surface area contributed by atoms with Crippen molar-refractivity contribution in [1.82, 2.24) is 9.88 Å². The number of fused-ring (bicyclic) bond motifs is 1. The van der Waals surface area contributed by atoms with Crippen molar-refractivity contribution in [3.63, 3.8) is 0 Å². The van der Waals surface area contributed by atoms with Gasteiger partial charge in [-0.1, -0.05) is 24.3 Å². The molecular formula is C24H23N3O3S. The van der Waals surface area contributed by atoms with Crippen LogP contribution in [0.25, 0.3) is 10.9 Å². The molecule has 6 nitrogen and oxygen atoms in total. The molecule has 2 aromatic heterocycles. The van der Waals surface area contributed by atoms with Crippen molar-refractivity contribution in [2.75, 3.05) is 21.2 Å². The van der Waals surface area contributed by atoms with Crippen LogP contribution in [0.15, 0.2) is 65.0 Å². The maximum Gasteiger partial charge on any atom is 0.337 e. The van der Waals surface area contributed by atoms with Gasteiger partial charge in [0.25, 0.3) is 0 Å². The first kappa shape index (κ1) is 20.8. The van der Waals surface area contributed by atoms with Gasteiger partial charge in [-0.2, -0.15) is 0 Å². The summed E-state index contributed by atoms with van der Waals surface area (Å²) in [5.74, 6) is -0.420. The summed E-state index contributed by atoms with van der Waals surface area (Å²) < 4.78 is 4.80. The number of nitrogens with zero attached hydrogens (tertiary/aromatic N) is 2. The fraction of sp³-hybridized carbons (Fsp3) is 0.167. The summed E-state index contributed by atoms with van der Waals surface area (Å²) in [6.07, 6.45) is 0. The number of hydrogen-bond donors (Lipinski definition) is 2. The van der Waals surface area contributed by atoms with Crippen LogP contribution in [0.4, 0.5) is 5.69 Å². The second kappa shape index (κ2) is 8.75. The second-order valence-electron chi connectivity index (χ2n) is 7.44. The van der Waals surface area contributed by atoms with E-state index in [1.54, 1.807) is 29.5 Å². The van der Waals surface area contributed by atoms with Crippen LogP contribution in [-0.4, -0.2) is 47.9 Å². The van der Waals surface area contributed by atoms with Crippen LogP contribution >= 0.6 is 11.3 Å². The summed E-state index contributed by atoms with van der Waals surface area (Å²) in [6.45, 7) is 0.855. The number of carbonyl (C=O) groups excluding carboxylic acids is 1. The van der Waals surface area contributed by atoms with E-state index in [1.165, 1.54) is 12.7 Å². The maximum atomic E-state index is 11.9. The summed E-state index contributed by atoms with van der Waals surface area (Å²) in [5.41, 5.74) is 4.32. The largest absolute Gasteiger partial charge is 0.494 e. The van der Waals surface area contributed by atoms with Crippen molar-refractivity contribution in [3.8, 4) is 5.88 Å². The van der Waals surface area contributed by atoms with Gasteiger partial charge in [0.15, 0.2) is 5.88 Å². The number of esters is 1. The van der Waals surface area contributed by atoms with E-state index in [0.717, 1.165) is 22.5 Å². The molecule has 0 unspecified atom stereocenters. The molecule has 0 saturated heterocycles. The standard InChI is InChI=1S/C24H23N3O3S/c1-27(2)14-15-6-9-17(10-7-15)25-22(20-5-4-12-31-20)21-18-11-8-16(24(29)30-3)13-19(18)26-23(21)28/h4-13,26,28H,14H2,1-3H3. The van der Waals surface area contributed by atoms with Gasteiger partial charge in [0, 0.05) is 17.4 Å². The van der Waals surface area contributed by atoms with Crippen LogP contribution in [0, 0.1) is 0 Å². The number of carbonyl (C=O) groups is 1. The Hall–Kier alpha value is -3.42. The summed E-state index contributed by atoms with van der Waals surface area (Å²) in [6, 6.07) is 17.2. The molecule has 0 spiro atoms. The maximum absolute atomic E-state index is 11.9. The molecule has 0 radical (unpaired) electrons. The third-order valence-corrected chi connectivity index (χ3v) is 5.74. The number of H-pyrrole nitrogens is 1. The molecule has 4 rings (SSSR count). The molecular weight excluding hydrogens is 410 g/mol. The molecule has 0 bridgehead atoms. The Kier molecular flexibility index (Phi) is 5.88. The second-order valence-corrected chi connectivity index (χ2v) is 8.39. The van der Waals surface area contributed by atoms with Gasteiger partial charge in [-0.05, 0) is 55.4 Å². The zero-order valence-corrected chi connectivity index (χ0v) is 18.4. The Balaban J connectivity index is 1.82. The molecule has 0 atom stereocenters. The number of ether oxygens (including phenoxy) is 1. The van der Waals surface area contributed by atoms with Gasteiger partial charge in [0.2, 0.25) is 0 Å². The average Bonchev–Trinajstić information content (AvgIpc) is 3.39. The number of aromatic amines is 1. The van der Waals surface area contributed by atoms with Crippen LogP contribution in [0.3, 0.4) is 0 Å². The zero-order valence-electron chi connectivity index (χ0n) is 17.5. The molecule has 7 heteroatoms. The highest BCUT2D eigenvalue weighted by Gasteiger charge is 2.20. The van der Waals surface area contributed by atoms with Crippen molar-refractivity contribution in [2.24, 2.45) is 4.99 Å². The number of benzene rings is 2. The number of hydrogen-bond acceptors (Lipinski definition) is 6. The lowest BCUT2D eigenvalue weighted by atomic mass is 10.0. The number of aromatic hydroxyl groups is 1. The van der Waals surface area contributed by atoms with E-state index in [0.29, 0.717) is 22.4 Å². The van der Waals surface area contributed by atoms with Gasteiger partial charge in [-0.3, -0.25) is 0 Å². The van der Waals surface area contributed by atoms with Crippen LogP contribution < -0.4 is 0 Å². The molecule has 158 valence electrons. The Morgan fingerprint density at radius 2 is 1.94 bits per heavy atom. The van der Waals surface area contributed by atoms with Gasteiger partial charge in [0.1, 0.15) is 0 Å². The van der Waals surface area contributed by atoms with Gasteiger partial charge >= 0.3 is 5.97 Å². The van der Waals surface area contributed by atoms with Gasteiger partial charge in [-0.25, -0.2) is 9.79 Å². The number of nitrogens with one attached hydrogen (secondary N) is 1. The van der Waals surface area contributed by atoms with Crippen molar-refractivity contribution in [2.45, 2.75) is 6.54 Å². The highest BCUT2D eigenvalue weighted by atomic mass is 32.1. The van der Waals surface area contributed by atoms with E-state index in [9.17, 15) is 9.90 Å². The molecule has 0 aliphatic heterocycles. The first-order valence-electron chi connectivity index (χ1n) is 9.76. The molecule has 0 aliphatic carbocycles. The number of aromatic nitrogens is 1. The Morgan fingerprint density at radius 3 is 2.58 bits per heavy atom. The lowest BCUT2D eigenvalue weighted by Gasteiger charge is -2.10. The number of methoxy groups -OCH3 is 1. The number of aliphatic imine (C=N–C) groups is 1. The molecule has 0 saturated carbocycles. The Morgan fingerprint density at radius 1 is 1.16 bits per heavy atom. The average molecular weight is 434 g/mol. The molecule has 2 N–H and O–H groups in total. The van der Waals surface area contributed by atoms with E-state index in [4.69, 9.17) is 9.73 Å². The van der Waals surface area contributed by atoms with Crippen LogP contribution in [0.2, 0.25) is 0 Å². The monoisotopic (exact) mass is 433 g/mol. The fourth-order valence-corrected chi connectivity index (χ4v) is 4.21. The van der Waals surface area contributed by atoms with Crippen molar-refractivity contribution in [3.05, 3.63) is 81.5 Å². The molecule has 31 heavy (non-hydrogen) atoms. The number of rotatable bonds is 6. The predicted octanol–water partition coefficient (Wildman–Crippen LogP) is 4.95. The summed E-state index contributed by atoms with van der Waals surface area (Å²) in [5, 5.41) is 13.5. The fourth-order valence-electron chi connectivity index (χ4n) is 3.49. The summed E-state index contributed by atoms with van der Waals surface area (Å²) in [4.78, 5) is 22.8. The molecule has 0 fully saturated rings. The molecule has 0 amide bonds. The van der Waals surface area contributed by atoms with E-state index in [1.807, 2.05) is 43.7 Å². The summed E-state index contributed by atoms with van der Waals surface area (Å²) >= 11 is 1.55. The highest BCUT2D eigenvalue weighted by Crippen LogP contribution is 2.33. The quantitative estimate of drug-likeness (QED) is 0.333. The van der Waals surface area contributed by atoms with E-state index >= 15 is 0 Å². The molecule has 2 aromatic carbocycles. The molecule has 4 aromatic rings. The van der Waals surface area contributed by atoms with Crippen LogP contribution in [0.5, 0.6) is 5.88 Å². The minimum Gasteiger partial charge on any atom is -0.494 e. The minimum absolute atomic E-state index is 0.00777. The van der Waals surface area contributed by atoms with Crippen molar-refractivity contribution in [1.29, 1.82) is 0 Å². The zero-order chi connectivity index (χ0) is 22.0. The highest BCUT2D eigenvalue weighted by molar-refractivity contribution is 7.12. The normalized spacial score (nSPS) is 11.9. The topological polar surface area (TPSA) is 77.9 Å². The number of thiophene rings is 1. The first-order chi connectivity index (χ1) is 15.0. The molecule has 0 aliphatic rings. The smallest absolute Gasteiger partial charge is 0.337 e. The minimum atomic E-state index is -0.428. The van der Waals surface area contributed by atoms with Gasteiger partial charge in [0.05, 0.1) is 34.5 Å². The Bertz CT molecular complexity index is 1240. The van der Waals surface area contributed by atoms with Crippen molar-refractivity contribution >= 4 is 39.6 Å². The lowest BCUT2D eigenvalue weighted by Crippen LogP contribution is -2.10. The van der Waals surface area contributed by atoms with Gasteiger partial charge in [-0.15, -0.1) is 11.3 Å². The first-order valence-corrected chi connectivity index (χ1v) is 10.6. The third kappa shape index (κ3) is 4.38. The van der Waals surface area contributed by atoms with Gasteiger partial charge < -0.3 is 19.7 Å².